The van der Waals surface area contributed by atoms with Crippen LogP contribution in [0.4, 0.5) is 5.69 Å². The molecular weight excluding hydrogens is 282 g/mol. The van der Waals surface area contributed by atoms with Gasteiger partial charge < -0.3 is 19.9 Å². The average Bonchev–Trinajstić information content (AvgIpc) is 2.52. The first-order valence-electron chi connectivity index (χ1n) is 7.66. The molecule has 5 heteroatoms. The number of anilines is 1. The van der Waals surface area contributed by atoms with Crippen LogP contribution in [0.3, 0.4) is 0 Å². The van der Waals surface area contributed by atoms with Gasteiger partial charge in [-0.1, -0.05) is 25.1 Å². The third-order valence-corrected chi connectivity index (χ3v) is 3.37. The van der Waals surface area contributed by atoms with Crippen molar-refractivity contribution >= 4 is 11.6 Å². The standard InChI is InChI=1S/C17H23NO4/c1-13-11-15(17(20)18-14-7-3-2-4-8-14)22-16(12-13)21-10-6-5-9-19/h2-4,7-8,11,13,16,19H,5-6,9-10,12H2,1H3,(H,18,20)/t13-,16+/m0/s1. The van der Waals surface area contributed by atoms with Crippen LogP contribution in [-0.4, -0.2) is 30.5 Å². The van der Waals surface area contributed by atoms with Crippen molar-refractivity contribution < 1.29 is 19.4 Å². The molecule has 120 valence electrons. The molecule has 2 N–H and O–H groups in total. The third-order valence-electron chi connectivity index (χ3n) is 3.37. The van der Waals surface area contributed by atoms with Crippen LogP contribution in [-0.2, 0) is 14.3 Å². The Balaban J connectivity index is 1.88. The van der Waals surface area contributed by atoms with Gasteiger partial charge in [0.15, 0.2) is 5.76 Å². The minimum Gasteiger partial charge on any atom is -0.459 e. The van der Waals surface area contributed by atoms with E-state index in [0.29, 0.717) is 18.8 Å². The fourth-order valence-electron chi connectivity index (χ4n) is 2.23. The Morgan fingerprint density at radius 3 is 2.86 bits per heavy atom. The van der Waals surface area contributed by atoms with E-state index in [9.17, 15) is 4.79 Å². The van der Waals surface area contributed by atoms with E-state index >= 15 is 0 Å². The first-order chi connectivity index (χ1) is 10.7. The van der Waals surface area contributed by atoms with Crippen LogP contribution < -0.4 is 5.32 Å². The summed E-state index contributed by atoms with van der Waals surface area (Å²) in [7, 11) is 0. The lowest BCUT2D eigenvalue weighted by molar-refractivity contribution is -0.145. The van der Waals surface area contributed by atoms with Crippen LogP contribution >= 0.6 is 0 Å². The van der Waals surface area contributed by atoms with Crippen LogP contribution in [0.1, 0.15) is 26.2 Å². The van der Waals surface area contributed by atoms with Crippen molar-refractivity contribution in [3.8, 4) is 0 Å². The Morgan fingerprint density at radius 2 is 2.14 bits per heavy atom. The number of carbonyl (C=O) groups is 1. The summed E-state index contributed by atoms with van der Waals surface area (Å²) >= 11 is 0. The van der Waals surface area contributed by atoms with Crippen LogP contribution in [0.5, 0.6) is 0 Å². The Labute approximate surface area is 130 Å². The number of aliphatic hydroxyl groups is 1. The van der Waals surface area contributed by atoms with Crippen LogP contribution in [0.2, 0.25) is 0 Å². The molecule has 22 heavy (non-hydrogen) atoms. The van der Waals surface area contributed by atoms with E-state index in [1.807, 2.05) is 43.3 Å². The third kappa shape index (κ3) is 5.16. The zero-order chi connectivity index (χ0) is 15.8. The van der Waals surface area contributed by atoms with E-state index in [2.05, 4.69) is 5.32 Å². The van der Waals surface area contributed by atoms with Gasteiger partial charge in [0.25, 0.3) is 5.91 Å². The van der Waals surface area contributed by atoms with Gasteiger partial charge in [-0.15, -0.1) is 0 Å². The number of carbonyl (C=O) groups excluding carboxylic acids is 1. The molecule has 0 spiro atoms. The second kappa shape index (κ2) is 8.56. The first-order valence-corrected chi connectivity index (χ1v) is 7.66. The number of para-hydroxylation sites is 1. The number of allylic oxidation sites excluding steroid dienone is 1. The van der Waals surface area contributed by atoms with Crippen LogP contribution in [0.25, 0.3) is 0 Å². The maximum atomic E-state index is 12.2. The molecule has 1 heterocycles. The van der Waals surface area contributed by atoms with Gasteiger partial charge in [-0.25, -0.2) is 0 Å². The summed E-state index contributed by atoms with van der Waals surface area (Å²) in [6, 6.07) is 9.27. The van der Waals surface area contributed by atoms with Crippen molar-refractivity contribution in [3.63, 3.8) is 0 Å². The smallest absolute Gasteiger partial charge is 0.290 e. The van der Waals surface area contributed by atoms with Gasteiger partial charge in [0, 0.05) is 18.7 Å². The maximum Gasteiger partial charge on any atom is 0.290 e. The molecule has 0 aliphatic carbocycles. The van der Waals surface area contributed by atoms with Gasteiger partial charge in [-0.2, -0.15) is 0 Å². The molecule has 0 fully saturated rings. The lowest BCUT2D eigenvalue weighted by atomic mass is 10.0. The molecule has 1 aromatic carbocycles. The van der Waals surface area contributed by atoms with Crippen molar-refractivity contribution in [2.24, 2.45) is 5.92 Å². The quantitative estimate of drug-likeness (QED) is 0.760. The zero-order valence-corrected chi connectivity index (χ0v) is 12.8. The molecule has 1 aliphatic rings. The highest BCUT2D eigenvalue weighted by molar-refractivity contribution is 6.02. The SMILES string of the molecule is C[C@H]1C=C(C(=O)Nc2ccccc2)O[C@@H](OCCCCO)C1. The largest absolute Gasteiger partial charge is 0.459 e. The molecule has 0 unspecified atom stereocenters. The number of rotatable bonds is 7. The number of nitrogens with one attached hydrogen (secondary N) is 1. The molecule has 2 atom stereocenters. The highest BCUT2D eigenvalue weighted by atomic mass is 16.7. The van der Waals surface area contributed by atoms with Crippen molar-refractivity contribution in [2.45, 2.75) is 32.5 Å². The lowest BCUT2D eigenvalue weighted by Crippen LogP contribution is -2.29. The van der Waals surface area contributed by atoms with Crippen molar-refractivity contribution in [2.75, 3.05) is 18.5 Å². The minimum absolute atomic E-state index is 0.163. The number of amides is 1. The Hall–Kier alpha value is -1.85. The topological polar surface area (TPSA) is 67.8 Å². The number of benzene rings is 1. The second-order valence-corrected chi connectivity index (χ2v) is 5.41. The molecule has 1 amide bonds. The Morgan fingerprint density at radius 1 is 1.36 bits per heavy atom. The van der Waals surface area contributed by atoms with E-state index in [0.717, 1.165) is 18.5 Å². The minimum atomic E-state index is -0.407. The highest BCUT2D eigenvalue weighted by Crippen LogP contribution is 2.24. The molecule has 0 aromatic heterocycles. The second-order valence-electron chi connectivity index (χ2n) is 5.41. The predicted molar refractivity (Wildman–Crippen MR) is 84.1 cm³/mol. The van der Waals surface area contributed by atoms with Gasteiger partial charge in [0.2, 0.25) is 6.29 Å². The molecule has 1 aromatic rings. The van der Waals surface area contributed by atoms with Crippen molar-refractivity contribution in [3.05, 3.63) is 42.2 Å². The molecule has 2 rings (SSSR count). The molecular formula is C17H23NO4. The van der Waals surface area contributed by atoms with Gasteiger partial charge in [0.1, 0.15) is 0 Å². The first kappa shape index (κ1) is 16.5. The van der Waals surface area contributed by atoms with E-state index in [-0.39, 0.29) is 18.4 Å². The van der Waals surface area contributed by atoms with E-state index < -0.39 is 6.29 Å². The van der Waals surface area contributed by atoms with E-state index in [1.165, 1.54) is 0 Å². The number of hydrogen-bond donors (Lipinski definition) is 2. The van der Waals surface area contributed by atoms with Crippen LogP contribution in [0.15, 0.2) is 42.2 Å². The van der Waals surface area contributed by atoms with Crippen molar-refractivity contribution in [1.82, 2.24) is 0 Å². The fraction of sp³-hybridized carbons (Fsp3) is 0.471. The number of hydrogen-bond acceptors (Lipinski definition) is 4. The van der Waals surface area contributed by atoms with Crippen LogP contribution in [0, 0.1) is 5.92 Å². The number of aliphatic hydroxyl groups excluding tert-OH is 1. The average molecular weight is 305 g/mol. The molecule has 0 saturated carbocycles. The monoisotopic (exact) mass is 305 g/mol. The fourth-order valence-corrected chi connectivity index (χ4v) is 2.23. The Kier molecular flexibility index (Phi) is 6.43. The summed E-state index contributed by atoms with van der Waals surface area (Å²) in [4.78, 5) is 12.2. The zero-order valence-electron chi connectivity index (χ0n) is 12.8. The molecule has 0 radical (unpaired) electrons. The lowest BCUT2D eigenvalue weighted by Gasteiger charge is -2.27. The molecule has 5 nitrogen and oxygen atoms in total. The summed E-state index contributed by atoms with van der Waals surface area (Å²) in [6.07, 6.45) is 3.63. The van der Waals surface area contributed by atoms with Crippen molar-refractivity contribution in [1.29, 1.82) is 0 Å². The number of ether oxygens (including phenoxy) is 2. The predicted octanol–water partition coefficient (Wildman–Crippen LogP) is 2.68. The summed E-state index contributed by atoms with van der Waals surface area (Å²) in [5, 5.41) is 11.6. The molecule has 0 saturated heterocycles. The Bertz CT molecular complexity index is 501. The van der Waals surface area contributed by atoms with Gasteiger partial charge in [0.05, 0.1) is 6.61 Å². The highest BCUT2D eigenvalue weighted by Gasteiger charge is 2.25. The maximum absolute atomic E-state index is 12.2. The summed E-state index contributed by atoms with van der Waals surface area (Å²) in [5.41, 5.74) is 0.732. The van der Waals surface area contributed by atoms with Gasteiger partial charge >= 0.3 is 0 Å². The van der Waals surface area contributed by atoms with E-state index in [1.54, 1.807) is 0 Å². The summed E-state index contributed by atoms with van der Waals surface area (Å²) < 4.78 is 11.3. The molecule has 0 bridgehead atoms. The van der Waals surface area contributed by atoms with Gasteiger partial charge in [-0.3, -0.25) is 4.79 Å². The van der Waals surface area contributed by atoms with E-state index in [4.69, 9.17) is 14.6 Å². The molecule has 1 aliphatic heterocycles. The van der Waals surface area contributed by atoms with Gasteiger partial charge in [-0.05, 0) is 37.0 Å². The number of unbranched alkanes of at least 4 members (excludes halogenated alkanes) is 1. The normalized spacial score (nSPS) is 20.9. The summed E-state index contributed by atoms with van der Waals surface area (Å²) in [6.45, 7) is 2.71. The summed E-state index contributed by atoms with van der Waals surface area (Å²) in [5.74, 6) is 0.254.